The Morgan fingerprint density at radius 2 is 1.79 bits per heavy atom. The SMILES string of the molecule is CC(Cc1ccc(C(F)(F)F)cc1)(NC(=O)N1CCOC(c2ccc(F)c(F)c2)C1)C(N)=O. The molecule has 1 heterocycles. The molecule has 6 nitrogen and oxygen atoms in total. The Bertz CT molecular complexity index is 1030. The first-order chi connectivity index (χ1) is 15.4. The number of urea groups is 1. The van der Waals surface area contributed by atoms with Crippen LogP contribution in [-0.2, 0) is 22.1 Å². The van der Waals surface area contributed by atoms with Crippen molar-refractivity contribution >= 4 is 11.9 Å². The second-order valence-electron chi connectivity index (χ2n) is 7.98. The molecule has 2 atom stereocenters. The lowest BCUT2D eigenvalue weighted by Gasteiger charge is -2.36. The van der Waals surface area contributed by atoms with Gasteiger partial charge in [0, 0.05) is 13.0 Å². The predicted octanol–water partition coefficient (Wildman–Crippen LogP) is 3.55. The van der Waals surface area contributed by atoms with E-state index < -0.39 is 47.0 Å². The number of hydrogen-bond acceptors (Lipinski definition) is 3. The third-order valence-electron chi connectivity index (χ3n) is 5.43. The van der Waals surface area contributed by atoms with Crippen molar-refractivity contribution in [2.45, 2.75) is 31.2 Å². The zero-order valence-corrected chi connectivity index (χ0v) is 17.6. The number of benzene rings is 2. The fraction of sp³-hybridized carbons (Fsp3) is 0.364. The van der Waals surface area contributed by atoms with Gasteiger partial charge in [-0.3, -0.25) is 4.79 Å². The van der Waals surface area contributed by atoms with Gasteiger partial charge in [-0.15, -0.1) is 0 Å². The Kier molecular flexibility index (Phi) is 6.92. The van der Waals surface area contributed by atoms with E-state index in [0.29, 0.717) is 11.1 Å². The third kappa shape index (κ3) is 5.78. The van der Waals surface area contributed by atoms with E-state index in [2.05, 4.69) is 5.32 Å². The molecule has 1 aliphatic rings. The molecule has 2 aromatic carbocycles. The summed E-state index contributed by atoms with van der Waals surface area (Å²) in [6.45, 7) is 1.66. The largest absolute Gasteiger partial charge is 0.416 e. The van der Waals surface area contributed by atoms with Crippen LogP contribution in [0.2, 0.25) is 0 Å². The van der Waals surface area contributed by atoms with Gasteiger partial charge in [0.2, 0.25) is 5.91 Å². The average molecular weight is 471 g/mol. The number of carbonyl (C=O) groups is 2. The number of ether oxygens (including phenoxy) is 1. The first-order valence-corrected chi connectivity index (χ1v) is 9.99. The summed E-state index contributed by atoms with van der Waals surface area (Å²) in [6.07, 6.45) is -5.35. The van der Waals surface area contributed by atoms with Gasteiger partial charge >= 0.3 is 12.2 Å². The molecule has 2 unspecified atom stereocenters. The van der Waals surface area contributed by atoms with Crippen LogP contribution in [0.5, 0.6) is 0 Å². The number of primary amides is 1. The van der Waals surface area contributed by atoms with Crippen LogP contribution in [0.25, 0.3) is 0 Å². The summed E-state index contributed by atoms with van der Waals surface area (Å²) in [4.78, 5) is 26.3. The van der Waals surface area contributed by atoms with Gasteiger partial charge < -0.3 is 20.7 Å². The smallest absolute Gasteiger partial charge is 0.370 e. The van der Waals surface area contributed by atoms with Crippen molar-refractivity contribution in [1.82, 2.24) is 10.2 Å². The maximum Gasteiger partial charge on any atom is 0.416 e. The number of morpholine rings is 1. The van der Waals surface area contributed by atoms with Crippen LogP contribution >= 0.6 is 0 Å². The Balaban J connectivity index is 1.71. The molecule has 1 saturated heterocycles. The molecule has 33 heavy (non-hydrogen) atoms. The van der Waals surface area contributed by atoms with Gasteiger partial charge in [0.15, 0.2) is 11.6 Å². The van der Waals surface area contributed by atoms with Crippen LogP contribution in [0.1, 0.15) is 29.7 Å². The zero-order valence-electron chi connectivity index (χ0n) is 17.6. The van der Waals surface area contributed by atoms with Crippen LogP contribution < -0.4 is 11.1 Å². The summed E-state index contributed by atoms with van der Waals surface area (Å²) in [6, 6.07) is 6.83. The highest BCUT2D eigenvalue weighted by Crippen LogP contribution is 2.30. The second kappa shape index (κ2) is 9.34. The molecule has 0 saturated carbocycles. The standard InChI is InChI=1S/C22H22F5N3O3/c1-21(19(28)31,11-13-2-5-15(6-3-13)22(25,26)27)29-20(32)30-8-9-33-18(12-30)14-4-7-16(23)17(24)10-14/h2-7,10,18H,8-9,11-12H2,1H3,(H2,28,31)(H,29,32). The van der Waals surface area contributed by atoms with Crippen LogP contribution in [0.15, 0.2) is 42.5 Å². The highest BCUT2D eigenvalue weighted by molar-refractivity contribution is 5.90. The summed E-state index contributed by atoms with van der Waals surface area (Å²) >= 11 is 0. The van der Waals surface area contributed by atoms with Crippen molar-refractivity contribution in [1.29, 1.82) is 0 Å². The number of nitrogens with two attached hydrogens (primary N) is 1. The van der Waals surface area contributed by atoms with Crippen molar-refractivity contribution in [3.63, 3.8) is 0 Å². The molecule has 3 amide bonds. The van der Waals surface area contributed by atoms with Crippen LogP contribution in [0.3, 0.4) is 0 Å². The van der Waals surface area contributed by atoms with Gasteiger partial charge in [-0.1, -0.05) is 18.2 Å². The molecule has 0 bridgehead atoms. The van der Waals surface area contributed by atoms with E-state index in [1.165, 1.54) is 30.0 Å². The number of rotatable bonds is 5. The Morgan fingerprint density at radius 1 is 1.12 bits per heavy atom. The number of carbonyl (C=O) groups excluding carboxylic acids is 2. The van der Waals surface area contributed by atoms with Crippen molar-refractivity contribution in [2.75, 3.05) is 19.7 Å². The average Bonchev–Trinajstić information content (AvgIpc) is 2.75. The van der Waals surface area contributed by atoms with E-state index in [1.54, 1.807) is 0 Å². The first kappa shape index (κ1) is 24.4. The molecule has 0 radical (unpaired) electrons. The maximum absolute atomic E-state index is 13.6. The van der Waals surface area contributed by atoms with E-state index in [9.17, 15) is 31.5 Å². The van der Waals surface area contributed by atoms with Crippen molar-refractivity contribution in [3.8, 4) is 0 Å². The molecular weight excluding hydrogens is 449 g/mol. The molecule has 2 aromatic rings. The lowest BCUT2D eigenvalue weighted by molar-refractivity contribution is -0.137. The number of nitrogens with zero attached hydrogens (tertiary/aromatic N) is 1. The van der Waals surface area contributed by atoms with Crippen LogP contribution in [-0.4, -0.2) is 42.1 Å². The van der Waals surface area contributed by atoms with E-state index in [4.69, 9.17) is 10.5 Å². The summed E-state index contributed by atoms with van der Waals surface area (Å²) in [5, 5.41) is 2.55. The molecule has 3 rings (SSSR count). The van der Waals surface area contributed by atoms with E-state index in [-0.39, 0.29) is 26.1 Å². The molecule has 1 fully saturated rings. The van der Waals surface area contributed by atoms with Gasteiger partial charge in [-0.05, 0) is 42.3 Å². The summed E-state index contributed by atoms with van der Waals surface area (Å²) < 4.78 is 70.6. The molecule has 3 N–H and O–H groups in total. The minimum Gasteiger partial charge on any atom is -0.370 e. The quantitative estimate of drug-likeness (QED) is 0.655. The van der Waals surface area contributed by atoms with Gasteiger partial charge in [0.05, 0.1) is 18.7 Å². The molecule has 178 valence electrons. The topological polar surface area (TPSA) is 84.7 Å². The Morgan fingerprint density at radius 3 is 2.36 bits per heavy atom. The molecule has 11 heteroatoms. The highest BCUT2D eigenvalue weighted by Gasteiger charge is 2.37. The molecule has 0 spiro atoms. The molecular formula is C22H22F5N3O3. The zero-order chi connectivity index (χ0) is 24.4. The summed E-state index contributed by atoms with van der Waals surface area (Å²) in [5.41, 5.74) is 3.77. The number of alkyl halides is 3. The fourth-order valence-electron chi connectivity index (χ4n) is 3.48. The van der Waals surface area contributed by atoms with Crippen LogP contribution in [0, 0.1) is 11.6 Å². The van der Waals surface area contributed by atoms with Gasteiger partial charge in [-0.2, -0.15) is 13.2 Å². The summed E-state index contributed by atoms with van der Waals surface area (Å²) in [5.74, 6) is -2.93. The minimum atomic E-state index is -4.50. The number of halogens is 5. The fourth-order valence-corrected chi connectivity index (χ4v) is 3.48. The highest BCUT2D eigenvalue weighted by atomic mass is 19.4. The van der Waals surface area contributed by atoms with Crippen LogP contribution in [0.4, 0.5) is 26.7 Å². The van der Waals surface area contributed by atoms with Gasteiger partial charge in [0.1, 0.15) is 11.6 Å². The minimum absolute atomic E-state index is 0.00598. The first-order valence-electron chi connectivity index (χ1n) is 9.99. The normalized spacial score (nSPS) is 18.5. The Labute approximate surface area is 186 Å². The maximum atomic E-state index is 13.6. The lowest BCUT2D eigenvalue weighted by Crippen LogP contribution is -2.60. The number of hydrogen-bond donors (Lipinski definition) is 2. The number of amides is 3. The van der Waals surface area contributed by atoms with E-state index >= 15 is 0 Å². The second-order valence-corrected chi connectivity index (χ2v) is 7.98. The lowest BCUT2D eigenvalue weighted by atomic mass is 9.91. The molecule has 0 aliphatic carbocycles. The molecule has 1 aliphatic heterocycles. The monoisotopic (exact) mass is 471 g/mol. The van der Waals surface area contributed by atoms with Crippen molar-refractivity contribution in [2.24, 2.45) is 5.73 Å². The number of nitrogens with one attached hydrogen (secondary N) is 1. The molecule has 0 aromatic heterocycles. The summed E-state index contributed by atoms with van der Waals surface area (Å²) in [7, 11) is 0. The van der Waals surface area contributed by atoms with E-state index in [1.807, 2.05) is 0 Å². The van der Waals surface area contributed by atoms with E-state index in [0.717, 1.165) is 24.3 Å². The van der Waals surface area contributed by atoms with Gasteiger partial charge in [-0.25, -0.2) is 13.6 Å². The van der Waals surface area contributed by atoms with Gasteiger partial charge in [0.25, 0.3) is 0 Å². The van der Waals surface area contributed by atoms with Crippen molar-refractivity contribution in [3.05, 3.63) is 70.8 Å². The predicted molar refractivity (Wildman–Crippen MR) is 108 cm³/mol. The third-order valence-corrected chi connectivity index (χ3v) is 5.43. The van der Waals surface area contributed by atoms with Crippen molar-refractivity contribution < 1.29 is 36.3 Å². The Hall–Kier alpha value is -3.21.